The third-order valence-corrected chi connectivity index (χ3v) is 5.39. The Kier molecular flexibility index (Phi) is 3.26. The van der Waals surface area contributed by atoms with E-state index in [0.717, 1.165) is 22.3 Å². The van der Waals surface area contributed by atoms with Gasteiger partial charge in [-0.15, -0.1) is 0 Å². The molecule has 128 valence electrons. The molecule has 26 heavy (non-hydrogen) atoms. The fourth-order valence-electron chi connectivity index (χ4n) is 4.36. The zero-order chi connectivity index (χ0) is 17.8. The Balaban J connectivity index is 1.70. The molecule has 0 spiro atoms. The fraction of sp³-hybridized carbons (Fsp3) is 0.217. The predicted octanol–water partition coefficient (Wildman–Crippen LogP) is 5.07. The van der Waals surface area contributed by atoms with Crippen LogP contribution in [0.25, 0.3) is 17.0 Å². The molecule has 2 atom stereocenters. The maximum atomic E-state index is 5.81. The molecule has 0 bridgehead atoms. The molecule has 3 aromatic rings. The summed E-state index contributed by atoms with van der Waals surface area (Å²) >= 11 is 0. The van der Waals surface area contributed by atoms with Crippen LogP contribution in [-0.4, -0.2) is 16.8 Å². The minimum atomic E-state index is -0.0550. The quantitative estimate of drug-likeness (QED) is 0.619. The second kappa shape index (κ2) is 5.53. The number of rotatable bonds is 1. The van der Waals surface area contributed by atoms with Crippen LogP contribution in [0.1, 0.15) is 39.4 Å². The zero-order valence-electron chi connectivity index (χ0n) is 15.2. The largest absolute Gasteiger partial charge is 0.387 e. The van der Waals surface area contributed by atoms with E-state index in [1.807, 2.05) is 6.07 Å². The van der Waals surface area contributed by atoms with E-state index in [1.165, 1.54) is 27.8 Å². The number of benzene rings is 2. The number of hydrogen-bond donors (Lipinski definition) is 0. The summed E-state index contributed by atoms with van der Waals surface area (Å²) in [7, 11) is 0. The molecule has 0 N–H and O–H groups in total. The molecule has 3 nitrogen and oxygen atoms in total. The average molecular weight is 340 g/mol. The highest BCUT2D eigenvalue weighted by Crippen LogP contribution is 2.40. The highest BCUT2D eigenvalue weighted by atomic mass is 16.6. The lowest BCUT2D eigenvalue weighted by Crippen LogP contribution is -2.25. The standard InChI is InChI=1S/C23H20N2O/c1-13-10-14(2)21(15(3)11-13)23-22-17-12-16-6-4-5-7-18(16)24-19(17)8-9-20(22)26-25-23/h4-12,20,22H,1-3H3/t20-,22+/m1/s1. The Labute approximate surface area is 153 Å². The first-order valence-corrected chi connectivity index (χ1v) is 9.01. The third-order valence-electron chi connectivity index (χ3n) is 5.39. The van der Waals surface area contributed by atoms with Crippen LogP contribution < -0.4 is 0 Å². The number of pyridine rings is 1. The molecule has 2 aliphatic rings. The van der Waals surface area contributed by atoms with Gasteiger partial charge in [-0.1, -0.05) is 41.1 Å². The number of fused-ring (bicyclic) bond motifs is 4. The van der Waals surface area contributed by atoms with Crippen molar-refractivity contribution in [2.75, 3.05) is 0 Å². The first kappa shape index (κ1) is 15.3. The van der Waals surface area contributed by atoms with Crippen molar-refractivity contribution in [3.05, 3.63) is 82.1 Å². The Morgan fingerprint density at radius 1 is 0.962 bits per heavy atom. The summed E-state index contributed by atoms with van der Waals surface area (Å²) in [5.41, 5.74) is 9.24. The van der Waals surface area contributed by atoms with E-state index in [-0.39, 0.29) is 12.0 Å². The first-order valence-electron chi connectivity index (χ1n) is 9.01. The summed E-state index contributed by atoms with van der Waals surface area (Å²) in [6.45, 7) is 6.45. The number of aromatic nitrogens is 1. The van der Waals surface area contributed by atoms with Crippen LogP contribution in [-0.2, 0) is 4.84 Å². The molecule has 2 aromatic carbocycles. The lowest BCUT2D eigenvalue weighted by atomic mass is 9.79. The molecule has 1 aromatic heterocycles. The van der Waals surface area contributed by atoms with E-state index in [2.05, 4.69) is 74.5 Å². The monoisotopic (exact) mass is 340 g/mol. The lowest BCUT2D eigenvalue weighted by Gasteiger charge is -2.24. The maximum Gasteiger partial charge on any atom is 0.158 e. The molecule has 3 heteroatoms. The van der Waals surface area contributed by atoms with Gasteiger partial charge in [-0.3, -0.25) is 0 Å². The van der Waals surface area contributed by atoms with E-state index < -0.39 is 0 Å². The van der Waals surface area contributed by atoms with Crippen molar-refractivity contribution in [3.8, 4) is 0 Å². The summed E-state index contributed by atoms with van der Waals surface area (Å²) < 4.78 is 0. The summed E-state index contributed by atoms with van der Waals surface area (Å²) in [5, 5.41) is 5.67. The Morgan fingerprint density at radius 3 is 2.54 bits per heavy atom. The van der Waals surface area contributed by atoms with Gasteiger partial charge in [0.2, 0.25) is 0 Å². The van der Waals surface area contributed by atoms with E-state index in [9.17, 15) is 0 Å². The highest BCUT2D eigenvalue weighted by molar-refractivity contribution is 6.09. The second-order valence-electron chi connectivity index (χ2n) is 7.31. The Bertz CT molecular complexity index is 1090. The molecular formula is C23H20N2O. The molecule has 0 unspecified atom stereocenters. The molecule has 0 fully saturated rings. The van der Waals surface area contributed by atoms with Gasteiger partial charge in [0.25, 0.3) is 0 Å². The van der Waals surface area contributed by atoms with Gasteiger partial charge >= 0.3 is 0 Å². The number of hydrogen-bond acceptors (Lipinski definition) is 3. The van der Waals surface area contributed by atoms with Crippen molar-refractivity contribution in [2.45, 2.75) is 32.8 Å². The second-order valence-corrected chi connectivity index (χ2v) is 7.31. The molecule has 1 aliphatic carbocycles. The van der Waals surface area contributed by atoms with Gasteiger partial charge in [0.15, 0.2) is 6.10 Å². The fourth-order valence-corrected chi connectivity index (χ4v) is 4.36. The van der Waals surface area contributed by atoms with Gasteiger partial charge in [0.1, 0.15) is 0 Å². The topological polar surface area (TPSA) is 34.5 Å². The molecule has 0 saturated carbocycles. The molecule has 2 heterocycles. The van der Waals surface area contributed by atoms with Gasteiger partial charge < -0.3 is 4.84 Å². The van der Waals surface area contributed by atoms with Crippen molar-refractivity contribution in [3.63, 3.8) is 0 Å². The smallest absolute Gasteiger partial charge is 0.158 e. The Morgan fingerprint density at radius 2 is 1.73 bits per heavy atom. The van der Waals surface area contributed by atoms with Gasteiger partial charge in [0, 0.05) is 10.9 Å². The van der Waals surface area contributed by atoms with Gasteiger partial charge in [0.05, 0.1) is 22.8 Å². The normalized spacial score (nSPS) is 20.5. The molecule has 5 rings (SSSR count). The molecule has 0 radical (unpaired) electrons. The summed E-state index contributed by atoms with van der Waals surface area (Å²) in [5.74, 6) is 0.0900. The average Bonchev–Trinajstić information content (AvgIpc) is 3.03. The van der Waals surface area contributed by atoms with Crippen molar-refractivity contribution in [2.24, 2.45) is 5.16 Å². The zero-order valence-corrected chi connectivity index (χ0v) is 15.2. The van der Waals surface area contributed by atoms with Crippen molar-refractivity contribution >= 4 is 22.7 Å². The van der Waals surface area contributed by atoms with Crippen molar-refractivity contribution < 1.29 is 4.84 Å². The van der Waals surface area contributed by atoms with Gasteiger partial charge in [-0.25, -0.2) is 4.98 Å². The van der Waals surface area contributed by atoms with E-state index in [0.29, 0.717) is 0 Å². The van der Waals surface area contributed by atoms with E-state index in [4.69, 9.17) is 9.82 Å². The van der Waals surface area contributed by atoms with Crippen molar-refractivity contribution in [1.82, 2.24) is 4.98 Å². The lowest BCUT2D eigenvalue weighted by molar-refractivity contribution is 0.111. The molecule has 1 aliphatic heterocycles. The summed E-state index contributed by atoms with van der Waals surface area (Å²) in [6.07, 6.45) is 4.10. The molecule has 0 saturated heterocycles. The van der Waals surface area contributed by atoms with E-state index in [1.54, 1.807) is 0 Å². The van der Waals surface area contributed by atoms with Crippen LogP contribution in [0.4, 0.5) is 0 Å². The van der Waals surface area contributed by atoms with Gasteiger partial charge in [-0.05, 0) is 61.7 Å². The first-order chi connectivity index (χ1) is 12.6. The number of para-hydroxylation sites is 1. The summed E-state index contributed by atoms with van der Waals surface area (Å²) in [4.78, 5) is 10.7. The maximum absolute atomic E-state index is 5.81. The Hall–Kier alpha value is -2.94. The highest BCUT2D eigenvalue weighted by Gasteiger charge is 2.39. The van der Waals surface area contributed by atoms with Crippen LogP contribution in [0, 0.1) is 20.8 Å². The number of aryl methyl sites for hydroxylation is 3. The minimum Gasteiger partial charge on any atom is -0.387 e. The van der Waals surface area contributed by atoms with Crippen molar-refractivity contribution in [1.29, 1.82) is 0 Å². The van der Waals surface area contributed by atoms with Crippen LogP contribution in [0.2, 0.25) is 0 Å². The van der Waals surface area contributed by atoms with E-state index >= 15 is 0 Å². The van der Waals surface area contributed by atoms with Gasteiger partial charge in [-0.2, -0.15) is 0 Å². The SMILES string of the molecule is Cc1cc(C)c(C2=NO[C@@H]3C=Cc4nc5ccccc5cc4[C@H]23)c(C)c1. The molecular weight excluding hydrogens is 320 g/mol. The van der Waals surface area contributed by atoms with Crippen LogP contribution in [0.15, 0.2) is 53.7 Å². The number of oxime groups is 1. The predicted molar refractivity (Wildman–Crippen MR) is 106 cm³/mol. The van der Waals surface area contributed by atoms with Crippen LogP contribution in [0.5, 0.6) is 0 Å². The third kappa shape index (κ3) is 2.20. The van der Waals surface area contributed by atoms with Crippen LogP contribution >= 0.6 is 0 Å². The summed E-state index contributed by atoms with van der Waals surface area (Å²) in [6, 6.07) is 15.0. The van der Waals surface area contributed by atoms with Crippen LogP contribution in [0.3, 0.4) is 0 Å². The minimum absolute atomic E-state index is 0.0550. The number of nitrogens with zero attached hydrogens (tertiary/aromatic N) is 2. The molecule has 0 amide bonds.